The van der Waals surface area contributed by atoms with Gasteiger partial charge >= 0.3 is 0 Å². The first-order valence-corrected chi connectivity index (χ1v) is 7.78. The molecule has 1 aromatic carbocycles. The highest BCUT2D eigenvalue weighted by molar-refractivity contribution is 9.10. The zero-order chi connectivity index (χ0) is 13.3. The molecule has 3 rings (SSSR count). The Hall–Kier alpha value is -0.870. The van der Waals surface area contributed by atoms with Crippen LogP contribution < -0.4 is 10.6 Å². The summed E-state index contributed by atoms with van der Waals surface area (Å²) in [5.74, 6) is 0.194. The average molecular weight is 323 g/mol. The molecule has 0 radical (unpaired) electrons. The van der Waals surface area contributed by atoms with E-state index in [2.05, 4.69) is 38.7 Å². The number of nitrogens with one attached hydrogen (secondary N) is 2. The van der Waals surface area contributed by atoms with Crippen LogP contribution in [0.5, 0.6) is 0 Å². The number of amides is 1. The predicted octanol–water partition coefficient (Wildman–Crippen LogP) is 2.35. The third-order valence-corrected chi connectivity index (χ3v) is 4.73. The molecule has 0 aromatic heterocycles. The number of rotatable bonds is 4. The lowest BCUT2D eigenvalue weighted by Crippen LogP contribution is -2.42. The molecule has 1 aliphatic carbocycles. The highest BCUT2D eigenvalue weighted by atomic mass is 79.9. The van der Waals surface area contributed by atoms with Gasteiger partial charge in [-0.3, -0.25) is 4.79 Å². The Morgan fingerprint density at radius 3 is 2.95 bits per heavy atom. The van der Waals surface area contributed by atoms with Crippen molar-refractivity contribution in [2.45, 2.75) is 37.1 Å². The molecule has 1 saturated heterocycles. The Morgan fingerprint density at radius 1 is 1.47 bits per heavy atom. The molecular weight excluding hydrogens is 304 g/mol. The van der Waals surface area contributed by atoms with Crippen molar-refractivity contribution < 1.29 is 4.79 Å². The molecule has 2 fully saturated rings. The van der Waals surface area contributed by atoms with Crippen molar-refractivity contribution in [3.8, 4) is 0 Å². The molecule has 4 heteroatoms. The van der Waals surface area contributed by atoms with Crippen LogP contribution in [0.1, 0.15) is 31.2 Å². The van der Waals surface area contributed by atoms with Gasteiger partial charge in [-0.2, -0.15) is 0 Å². The largest absolute Gasteiger partial charge is 0.354 e. The molecule has 1 aliphatic heterocycles. The van der Waals surface area contributed by atoms with Gasteiger partial charge < -0.3 is 10.6 Å². The van der Waals surface area contributed by atoms with Gasteiger partial charge in [0, 0.05) is 17.1 Å². The molecule has 0 bridgehead atoms. The molecule has 19 heavy (non-hydrogen) atoms. The minimum absolute atomic E-state index is 0.194. The second kappa shape index (κ2) is 5.25. The smallest absolute Gasteiger partial charge is 0.230 e. The zero-order valence-electron chi connectivity index (χ0n) is 10.9. The molecule has 1 aromatic rings. The highest BCUT2D eigenvalue weighted by Crippen LogP contribution is 2.48. The molecule has 1 saturated carbocycles. The van der Waals surface area contributed by atoms with Gasteiger partial charge in [0.15, 0.2) is 0 Å². The van der Waals surface area contributed by atoms with E-state index in [0.29, 0.717) is 6.04 Å². The third kappa shape index (κ3) is 2.70. The maximum absolute atomic E-state index is 12.4. The number of halogens is 1. The number of hydrogen-bond donors (Lipinski definition) is 2. The fourth-order valence-electron chi connectivity index (χ4n) is 2.87. The van der Waals surface area contributed by atoms with Crippen LogP contribution in [0.4, 0.5) is 0 Å². The Labute approximate surface area is 122 Å². The first-order valence-electron chi connectivity index (χ1n) is 6.98. The number of benzene rings is 1. The van der Waals surface area contributed by atoms with Crippen LogP contribution >= 0.6 is 15.9 Å². The molecule has 0 spiro atoms. The van der Waals surface area contributed by atoms with Crippen molar-refractivity contribution in [3.63, 3.8) is 0 Å². The second-order valence-corrected chi connectivity index (χ2v) is 6.51. The summed E-state index contributed by atoms with van der Waals surface area (Å²) in [6.07, 6.45) is 4.32. The molecular formula is C15H19BrN2O. The lowest BCUT2D eigenvalue weighted by atomic mass is 9.95. The van der Waals surface area contributed by atoms with Crippen molar-refractivity contribution in [3.05, 3.63) is 34.3 Å². The second-order valence-electron chi connectivity index (χ2n) is 5.60. The zero-order valence-corrected chi connectivity index (χ0v) is 12.5. The quantitative estimate of drug-likeness (QED) is 0.893. The van der Waals surface area contributed by atoms with E-state index in [4.69, 9.17) is 0 Å². The maximum Gasteiger partial charge on any atom is 0.230 e. The van der Waals surface area contributed by atoms with Crippen molar-refractivity contribution in [2.24, 2.45) is 0 Å². The van der Waals surface area contributed by atoms with Gasteiger partial charge in [0.1, 0.15) is 0 Å². The van der Waals surface area contributed by atoms with Gasteiger partial charge in [0.25, 0.3) is 0 Å². The Morgan fingerprint density at radius 2 is 2.32 bits per heavy atom. The Bertz CT molecular complexity index is 479. The van der Waals surface area contributed by atoms with Crippen LogP contribution in [0.25, 0.3) is 0 Å². The van der Waals surface area contributed by atoms with E-state index in [1.54, 1.807) is 0 Å². The summed E-state index contributed by atoms with van der Waals surface area (Å²) >= 11 is 3.48. The van der Waals surface area contributed by atoms with Crippen molar-refractivity contribution in [2.75, 3.05) is 13.1 Å². The molecule has 102 valence electrons. The molecule has 1 atom stereocenters. The fraction of sp³-hybridized carbons (Fsp3) is 0.533. The summed E-state index contributed by atoms with van der Waals surface area (Å²) in [6, 6.07) is 8.60. The van der Waals surface area contributed by atoms with Gasteiger partial charge in [-0.05, 0) is 49.9 Å². The minimum Gasteiger partial charge on any atom is -0.354 e. The first kappa shape index (κ1) is 13.1. The SMILES string of the molecule is O=C(NCC1CCCN1)C1(c2cccc(Br)c2)CC1. The standard InChI is InChI=1S/C15H19BrN2O/c16-12-4-1-3-11(9-12)15(6-7-15)14(19)18-10-13-5-2-8-17-13/h1,3-4,9,13,17H,2,5-8,10H2,(H,18,19). The topological polar surface area (TPSA) is 41.1 Å². The maximum atomic E-state index is 12.4. The highest BCUT2D eigenvalue weighted by Gasteiger charge is 2.51. The lowest BCUT2D eigenvalue weighted by Gasteiger charge is -2.18. The van der Waals surface area contributed by atoms with Crippen LogP contribution in [0, 0.1) is 0 Å². The van der Waals surface area contributed by atoms with E-state index in [9.17, 15) is 4.79 Å². The van der Waals surface area contributed by atoms with Gasteiger partial charge in [-0.25, -0.2) is 0 Å². The van der Waals surface area contributed by atoms with Gasteiger partial charge in [-0.15, -0.1) is 0 Å². The summed E-state index contributed by atoms with van der Waals surface area (Å²) in [5, 5.41) is 6.54. The van der Waals surface area contributed by atoms with E-state index in [1.807, 2.05) is 12.1 Å². The fourth-order valence-corrected chi connectivity index (χ4v) is 3.27. The third-order valence-electron chi connectivity index (χ3n) is 4.23. The van der Waals surface area contributed by atoms with Gasteiger partial charge in [0.05, 0.1) is 5.41 Å². The molecule has 1 heterocycles. The number of carbonyl (C=O) groups is 1. The molecule has 2 aliphatic rings. The molecule has 1 amide bonds. The molecule has 3 nitrogen and oxygen atoms in total. The predicted molar refractivity (Wildman–Crippen MR) is 79.1 cm³/mol. The van der Waals surface area contributed by atoms with Crippen LogP contribution in [0.2, 0.25) is 0 Å². The lowest BCUT2D eigenvalue weighted by molar-refractivity contribution is -0.123. The average Bonchev–Trinajstić information content (AvgIpc) is 3.06. The number of hydrogen-bond acceptors (Lipinski definition) is 2. The summed E-state index contributed by atoms with van der Waals surface area (Å²) in [5.41, 5.74) is 0.876. The Kier molecular flexibility index (Phi) is 3.63. The Balaban J connectivity index is 1.65. The summed E-state index contributed by atoms with van der Waals surface area (Å²) in [4.78, 5) is 12.4. The number of carbonyl (C=O) groups excluding carboxylic acids is 1. The van der Waals surface area contributed by atoms with Crippen molar-refractivity contribution >= 4 is 21.8 Å². The van der Waals surface area contributed by atoms with E-state index in [0.717, 1.165) is 36.0 Å². The van der Waals surface area contributed by atoms with E-state index in [-0.39, 0.29) is 11.3 Å². The summed E-state index contributed by atoms with van der Waals surface area (Å²) < 4.78 is 1.04. The summed E-state index contributed by atoms with van der Waals surface area (Å²) in [7, 11) is 0. The normalized spacial score (nSPS) is 24.2. The van der Waals surface area contributed by atoms with Crippen LogP contribution in [0.3, 0.4) is 0 Å². The first-order chi connectivity index (χ1) is 9.21. The van der Waals surface area contributed by atoms with Crippen LogP contribution in [-0.4, -0.2) is 25.0 Å². The molecule has 1 unspecified atom stereocenters. The van der Waals surface area contributed by atoms with Crippen molar-refractivity contribution in [1.29, 1.82) is 0 Å². The van der Waals surface area contributed by atoms with Crippen LogP contribution in [0.15, 0.2) is 28.7 Å². The van der Waals surface area contributed by atoms with Crippen molar-refractivity contribution in [1.82, 2.24) is 10.6 Å². The van der Waals surface area contributed by atoms with E-state index < -0.39 is 0 Å². The minimum atomic E-state index is -0.262. The van der Waals surface area contributed by atoms with Gasteiger partial charge in [-0.1, -0.05) is 28.1 Å². The summed E-state index contributed by atoms with van der Waals surface area (Å²) in [6.45, 7) is 1.84. The van der Waals surface area contributed by atoms with E-state index >= 15 is 0 Å². The van der Waals surface area contributed by atoms with Crippen LogP contribution in [-0.2, 0) is 10.2 Å². The van der Waals surface area contributed by atoms with Gasteiger partial charge in [0.2, 0.25) is 5.91 Å². The monoisotopic (exact) mass is 322 g/mol. The molecule has 2 N–H and O–H groups in total. The van der Waals surface area contributed by atoms with E-state index in [1.165, 1.54) is 12.8 Å².